The Hall–Kier alpha value is -2.82. The predicted molar refractivity (Wildman–Crippen MR) is 109 cm³/mol. The van der Waals surface area contributed by atoms with Gasteiger partial charge in [-0.2, -0.15) is 0 Å². The fourth-order valence-electron chi connectivity index (χ4n) is 2.95. The van der Waals surface area contributed by atoms with E-state index in [4.69, 9.17) is 0 Å². The van der Waals surface area contributed by atoms with E-state index in [0.717, 1.165) is 22.3 Å². The Morgan fingerprint density at radius 1 is 0.926 bits per heavy atom. The van der Waals surface area contributed by atoms with Crippen LogP contribution in [0.2, 0.25) is 0 Å². The molecule has 0 saturated carbocycles. The van der Waals surface area contributed by atoms with Crippen molar-refractivity contribution in [3.05, 3.63) is 90.0 Å². The normalized spacial score (nSPS) is 11.4. The molecule has 3 aromatic rings. The van der Waals surface area contributed by atoms with Crippen molar-refractivity contribution in [3.8, 4) is 16.9 Å². The summed E-state index contributed by atoms with van der Waals surface area (Å²) in [5.41, 5.74) is 3.74. The lowest BCUT2D eigenvalue weighted by molar-refractivity contribution is -0.139. The summed E-state index contributed by atoms with van der Waals surface area (Å²) < 4.78 is 0. The van der Waals surface area contributed by atoms with Gasteiger partial charge < -0.3 is 15.5 Å². The molecule has 140 valence electrons. The Labute approximate surface area is 164 Å². The van der Waals surface area contributed by atoms with E-state index in [-0.39, 0.29) is 24.6 Å². The van der Waals surface area contributed by atoms with Crippen LogP contribution in [0.1, 0.15) is 11.1 Å². The highest BCUT2D eigenvalue weighted by Crippen LogP contribution is 2.28. The number of nitrogens with one attached hydrogen (secondary N) is 1. The minimum atomic E-state index is -0.914. The number of carbonyl (C=O) groups is 1. The van der Waals surface area contributed by atoms with Crippen LogP contribution in [-0.2, 0) is 17.8 Å². The zero-order chi connectivity index (χ0) is 18.4. The van der Waals surface area contributed by atoms with Crippen LogP contribution in [-0.4, -0.2) is 22.2 Å². The lowest BCUT2D eigenvalue weighted by atomic mass is 9.94. The van der Waals surface area contributed by atoms with Crippen LogP contribution >= 0.6 is 12.4 Å². The van der Waals surface area contributed by atoms with Gasteiger partial charge in [-0.05, 0) is 40.8 Å². The van der Waals surface area contributed by atoms with Gasteiger partial charge in [-0.3, -0.25) is 4.79 Å². The van der Waals surface area contributed by atoms with Gasteiger partial charge in [-0.25, -0.2) is 0 Å². The minimum absolute atomic E-state index is 0. The Morgan fingerprint density at radius 2 is 1.56 bits per heavy atom. The second kappa shape index (κ2) is 9.76. The smallest absolute Gasteiger partial charge is 0.321 e. The van der Waals surface area contributed by atoms with Crippen LogP contribution in [0.5, 0.6) is 5.75 Å². The Bertz CT molecular complexity index is 869. The third-order valence-corrected chi connectivity index (χ3v) is 4.29. The summed E-state index contributed by atoms with van der Waals surface area (Å²) >= 11 is 0. The third-order valence-electron chi connectivity index (χ3n) is 4.29. The Balaban J connectivity index is 0.00000261. The number of rotatable bonds is 7. The first-order valence-corrected chi connectivity index (χ1v) is 8.51. The van der Waals surface area contributed by atoms with Crippen LogP contribution in [0.3, 0.4) is 0 Å². The summed E-state index contributed by atoms with van der Waals surface area (Å²) in [5.74, 6) is -0.782. The van der Waals surface area contributed by atoms with Crippen LogP contribution < -0.4 is 5.32 Å². The first kappa shape index (κ1) is 20.5. The molecule has 3 rings (SSSR count). The topological polar surface area (TPSA) is 69.6 Å². The van der Waals surface area contributed by atoms with Gasteiger partial charge in [0.25, 0.3) is 0 Å². The molecule has 5 heteroatoms. The first-order chi connectivity index (χ1) is 12.6. The molecule has 0 bridgehead atoms. The van der Waals surface area contributed by atoms with Crippen molar-refractivity contribution in [2.24, 2.45) is 0 Å². The van der Waals surface area contributed by atoms with E-state index in [1.54, 1.807) is 12.1 Å². The standard InChI is InChI=1S/C22H21NO3.ClH/c24-19-11-12-20(17-9-5-2-6-10-17)18(13-19)14-21(22(25)26)23-15-16-7-3-1-4-8-16;/h1-13,21,23-24H,14-15H2,(H,25,26);1H/t21-;/m0./s1. The van der Waals surface area contributed by atoms with Crippen molar-refractivity contribution in [1.29, 1.82) is 0 Å². The fourth-order valence-corrected chi connectivity index (χ4v) is 2.95. The van der Waals surface area contributed by atoms with Crippen molar-refractivity contribution >= 4 is 18.4 Å². The number of aliphatic carboxylic acids is 1. The van der Waals surface area contributed by atoms with Gasteiger partial charge in [0.15, 0.2) is 0 Å². The number of aromatic hydroxyl groups is 1. The fraction of sp³-hybridized carbons (Fsp3) is 0.136. The van der Waals surface area contributed by atoms with E-state index < -0.39 is 12.0 Å². The number of carboxylic acids is 1. The van der Waals surface area contributed by atoms with Gasteiger partial charge in [0, 0.05) is 6.54 Å². The van der Waals surface area contributed by atoms with Gasteiger partial charge in [0.1, 0.15) is 11.8 Å². The van der Waals surface area contributed by atoms with E-state index in [1.807, 2.05) is 66.7 Å². The molecule has 0 spiro atoms. The highest BCUT2D eigenvalue weighted by atomic mass is 35.5. The summed E-state index contributed by atoms with van der Waals surface area (Å²) in [5, 5.41) is 22.6. The number of halogens is 1. The highest BCUT2D eigenvalue weighted by Gasteiger charge is 2.19. The summed E-state index contributed by atoms with van der Waals surface area (Å²) in [6, 6.07) is 23.8. The minimum Gasteiger partial charge on any atom is -0.508 e. The number of phenols is 1. The van der Waals surface area contributed by atoms with Crippen molar-refractivity contribution in [2.75, 3.05) is 0 Å². The van der Waals surface area contributed by atoms with Gasteiger partial charge in [-0.15, -0.1) is 12.4 Å². The maximum Gasteiger partial charge on any atom is 0.321 e. The average molecular weight is 384 g/mol. The highest BCUT2D eigenvalue weighted by molar-refractivity contribution is 5.85. The Morgan fingerprint density at radius 3 is 2.19 bits per heavy atom. The molecule has 0 heterocycles. The second-order valence-corrected chi connectivity index (χ2v) is 6.17. The maximum absolute atomic E-state index is 11.7. The summed E-state index contributed by atoms with van der Waals surface area (Å²) in [6.07, 6.45) is 0.279. The molecule has 0 aliphatic carbocycles. The molecule has 0 unspecified atom stereocenters. The lowest BCUT2D eigenvalue weighted by Crippen LogP contribution is -2.38. The molecule has 0 saturated heterocycles. The van der Waals surface area contributed by atoms with E-state index in [1.165, 1.54) is 0 Å². The van der Waals surface area contributed by atoms with Gasteiger partial charge in [-0.1, -0.05) is 66.7 Å². The van der Waals surface area contributed by atoms with Crippen molar-refractivity contribution in [1.82, 2.24) is 5.32 Å². The molecule has 0 fully saturated rings. The molecule has 0 aromatic heterocycles. The number of carboxylic acid groups (broad SMARTS) is 1. The van der Waals surface area contributed by atoms with Crippen LogP contribution in [0.15, 0.2) is 78.9 Å². The molecular formula is C22H22ClNO3. The number of phenolic OH excluding ortho intramolecular Hbond substituents is 1. The molecule has 3 aromatic carbocycles. The third kappa shape index (κ3) is 5.58. The largest absolute Gasteiger partial charge is 0.508 e. The van der Waals surface area contributed by atoms with Crippen molar-refractivity contribution < 1.29 is 15.0 Å². The lowest BCUT2D eigenvalue weighted by Gasteiger charge is -2.17. The summed E-state index contributed by atoms with van der Waals surface area (Å²) in [6.45, 7) is 0.470. The molecule has 1 atom stereocenters. The van der Waals surface area contributed by atoms with Gasteiger partial charge in [0.2, 0.25) is 0 Å². The summed E-state index contributed by atoms with van der Waals surface area (Å²) in [4.78, 5) is 11.7. The first-order valence-electron chi connectivity index (χ1n) is 8.51. The molecular weight excluding hydrogens is 362 g/mol. The number of hydrogen-bond donors (Lipinski definition) is 3. The van der Waals surface area contributed by atoms with Crippen molar-refractivity contribution in [3.63, 3.8) is 0 Å². The molecule has 4 nitrogen and oxygen atoms in total. The van der Waals surface area contributed by atoms with E-state index in [2.05, 4.69) is 5.32 Å². The quantitative estimate of drug-likeness (QED) is 0.570. The maximum atomic E-state index is 11.7. The van der Waals surface area contributed by atoms with E-state index in [9.17, 15) is 15.0 Å². The number of benzene rings is 3. The monoisotopic (exact) mass is 383 g/mol. The van der Waals surface area contributed by atoms with Crippen LogP contribution in [0.4, 0.5) is 0 Å². The molecule has 0 aliphatic rings. The zero-order valence-corrected chi connectivity index (χ0v) is 15.5. The van der Waals surface area contributed by atoms with Crippen molar-refractivity contribution in [2.45, 2.75) is 19.0 Å². The van der Waals surface area contributed by atoms with E-state index >= 15 is 0 Å². The molecule has 3 N–H and O–H groups in total. The molecule has 27 heavy (non-hydrogen) atoms. The molecule has 0 radical (unpaired) electrons. The number of hydrogen-bond acceptors (Lipinski definition) is 3. The summed E-state index contributed by atoms with van der Waals surface area (Å²) in [7, 11) is 0. The van der Waals surface area contributed by atoms with Gasteiger partial charge >= 0.3 is 5.97 Å². The van der Waals surface area contributed by atoms with E-state index in [0.29, 0.717) is 6.54 Å². The zero-order valence-electron chi connectivity index (χ0n) is 14.7. The predicted octanol–water partition coefficient (Wildman–Crippen LogP) is 4.27. The molecule has 0 aliphatic heterocycles. The molecule has 0 amide bonds. The SMILES string of the molecule is Cl.O=C(O)[C@H](Cc1cc(O)ccc1-c1ccccc1)NCc1ccccc1. The second-order valence-electron chi connectivity index (χ2n) is 6.17. The Kier molecular flexibility index (Phi) is 7.41. The van der Waals surface area contributed by atoms with Crippen LogP contribution in [0.25, 0.3) is 11.1 Å². The average Bonchev–Trinajstić information content (AvgIpc) is 2.66. The van der Waals surface area contributed by atoms with Gasteiger partial charge in [0.05, 0.1) is 0 Å². The van der Waals surface area contributed by atoms with Crippen LogP contribution in [0, 0.1) is 0 Å².